The number of ether oxygens (including phenoxy) is 6. The molecule has 0 spiro atoms. The third kappa shape index (κ3) is 4.89. The van der Waals surface area contributed by atoms with Crippen molar-refractivity contribution in [1.29, 1.82) is 0 Å². The first-order valence-electron chi connectivity index (χ1n) is 13.2. The third-order valence-corrected chi connectivity index (χ3v) is 7.72. The van der Waals surface area contributed by atoms with E-state index >= 15 is 0 Å². The maximum atomic E-state index is 14.1. The minimum atomic E-state index is -0.569. The quantitative estimate of drug-likeness (QED) is 0.433. The summed E-state index contributed by atoms with van der Waals surface area (Å²) in [6, 6.07) is -0.452. The van der Waals surface area contributed by atoms with Gasteiger partial charge in [-0.2, -0.15) is 0 Å². The summed E-state index contributed by atoms with van der Waals surface area (Å²) < 4.78 is 33.9. The van der Waals surface area contributed by atoms with Gasteiger partial charge in [0.15, 0.2) is 28.8 Å². The number of amides is 1. The lowest BCUT2D eigenvalue weighted by Gasteiger charge is -2.39. The molecular weight excluding hydrogens is 518 g/mol. The number of aliphatic hydroxyl groups excluding tert-OH is 1. The Labute approximate surface area is 236 Å². The number of Topliss-reactive ketones (excluding diaryl/α,β-unsaturated/α-hetero) is 1. The lowest BCUT2D eigenvalue weighted by molar-refractivity contribution is -0.137. The van der Waals surface area contributed by atoms with Crippen LogP contribution in [0.5, 0.6) is 34.5 Å². The summed E-state index contributed by atoms with van der Waals surface area (Å²) in [6.45, 7) is 6.96. The van der Waals surface area contributed by atoms with Gasteiger partial charge in [-0.05, 0) is 26.7 Å². The number of methoxy groups -OCH3 is 6. The smallest absolute Gasteiger partial charge is 0.226 e. The summed E-state index contributed by atoms with van der Waals surface area (Å²) in [5.74, 6) is 1.65. The first-order chi connectivity index (χ1) is 19.1. The van der Waals surface area contributed by atoms with Crippen LogP contribution in [-0.2, 0) is 17.8 Å². The molecule has 3 rings (SSSR count). The maximum Gasteiger partial charge on any atom is 0.226 e. The molecule has 0 bridgehead atoms. The van der Waals surface area contributed by atoms with Gasteiger partial charge in [0.1, 0.15) is 11.5 Å². The summed E-state index contributed by atoms with van der Waals surface area (Å²) in [7, 11) is 9.12. The molecule has 0 saturated carbocycles. The van der Waals surface area contributed by atoms with Gasteiger partial charge < -0.3 is 38.4 Å². The summed E-state index contributed by atoms with van der Waals surface area (Å²) in [4.78, 5) is 29.3. The number of ketones is 1. The molecular formula is C30H41NO9. The van der Waals surface area contributed by atoms with Crippen LogP contribution in [0.25, 0.3) is 0 Å². The number of aliphatic hydroxyl groups is 1. The minimum Gasteiger partial charge on any atom is -0.496 e. The number of carbonyl (C=O) groups is 2. The molecule has 2 aromatic rings. The Bertz CT molecular complexity index is 1290. The van der Waals surface area contributed by atoms with E-state index in [0.717, 1.165) is 0 Å². The second-order valence-electron chi connectivity index (χ2n) is 9.77. The van der Waals surface area contributed by atoms with E-state index in [4.69, 9.17) is 28.4 Å². The molecule has 0 aliphatic carbocycles. The average Bonchev–Trinajstić information content (AvgIpc) is 2.95. The fourth-order valence-corrected chi connectivity index (χ4v) is 5.98. The van der Waals surface area contributed by atoms with Gasteiger partial charge in [-0.15, -0.1) is 0 Å². The van der Waals surface area contributed by atoms with Crippen molar-refractivity contribution in [1.82, 2.24) is 4.90 Å². The highest BCUT2D eigenvalue weighted by molar-refractivity contribution is 6.06. The molecule has 10 nitrogen and oxygen atoms in total. The zero-order chi connectivity index (χ0) is 29.9. The lowest BCUT2D eigenvalue weighted by Crippen LogP contribution is -2.46. The normalized spacial score (nSPS) is 15.3. The molecule has 0 saturated heterocycles. The Morgan fingerprint density at radius 3 is 1.80 bits per heavy atom. The van der Waals surface area contributed by atoms with Crippen LogP contribution in [0.1, 0.15) is 64.5 Å². The predicted octanol–water partition coefficient (Wildman–Crippen LogP) is 4.20. The van der Waals surface area contributed by atoms with Gasteiger partial charge in [0.2, 0.25) is 5.91 Å². The highest BCUT2D eigenvalue weighted by Crippen LogP contribution is 2.51. The van der Waals surface area contributed by atoms with Crippen LogP contribution in [0.15, 0.2) is 0 Å². The lowest BCUT2D eigenvalue weighted by atomic mass is 9.85. The van der Waals surface area contributed by atoms with E-state index < -0.39 is 12.0 Å². The van der Waals surface area contributed by atoms with Crippen molar-refractivity contribution in [3.8, 4) is 34.5 Å². The molecule has 1 heterocycles. The van der Waals surface area contributed by atoms with Crippen molar-refractivity contribution in [2.45, 2.75) is 53.2 Å². The van der Waals surface area contributed by atoms with Crippen LogP contribution in [0.4, 0.5) is 0 Å². The number of rotatable bonds is 11. The van der Waals surface area contributed by atoms with Crippen LogP contribution in [0.3, 0.4) is 0 Å². The number of benzene rings is 2. The zero-order valence-corrected chi connectivity index (χ0v) is 25.1. The van der Waals surface area contributed by atoms with Gasteiger partial charge in [0.05, 0.1) is 67.4 Å². The van der Waals surface area contributed by atoms with Crippen molar-refractivity contribution in [3.63, 3.8) is 0 Å². The van der Waals surface area contributed by atoms with Crippen molar-refractivity contribution >= 4 is 11.7 Å². The molecule has 2 aromatic carbocycles. The van der Waals surface area contributed by atoms with Gasteiger partial charge in [-0.3, -0.25) is 9.59 Å². The molecule has 220 valence electrons. The summed E-state index contributed by atoms with van der Waals surface area (Å²) in [6.07, 6.45) is 0.774. The van der Waals surface area contributed by atoms with Crippen LogP contribution in [-0.4, -0.2) is 70.9 Å². The Balaban J connectivity index is 2.13. The van der Waals surface area contributed by atoms with Crippen molar-refractivity contribution in [2.24, 2.45) is 5.92 Å². The number of carbonyl (C=O) groups excluding carboxylic acids is 2. The van der Waals surface area contributed by atoms with Crippen LogP contribution < -0.4 is 28.4 Å². The van der Waals surface area contributed by atoms with Crippen molar-refractivity contribution in [3.05, 3.63) is 33.4 Å². The van der Waals surface area contributed by atoms with Crippen molar-refractivity contribution < 1.29 is 43.1 Å². The molecule has 2 atom stereocenters. The molecule has 1 aliphatic heterocycles. The Morgan fingerprint density at radius 1 is 0.825 bits per heavy atom. The molecule has 0 aromatic heterocycles. The fourth-order valence-electron chi connectivity index (χ4n) is 5.98. The molecule has 40 heavy (non-hydrogen) atoms. The Hall–Kier alpha value is -3.66. The predicted molar refractivity (Wildman–Crippen MR) is 150 cm³/mol. The monoisotopic (exact) mass is 559 g/mol. The first-order valence-corrected chi connectivity index (χ1v) is 13.2. The molecule has 1 amide bonds. The number of hydrogen-bond acceptors (Lipinski definition) is 9. The summed E-state index contributed by atoms with van der Waals surface area (Å²) >= 11 is 0. The molecule has 0 radical (unpaired) electrons. The van der Waals surface area contributed by atoms with Gasteiger partial charge in [0, 0.05) is 33.7 Å². The second-order valence-corrected chi connectivity index (χ2v) is 9.77. The van der Waals surface area contributed by atoms with Gasteiger partial charge in [0.25, 0.3) is 0 Å². The van der Waals surface area contributed by atoms with Crippen LogP contribution >= 0.6 is 0 Å². The Kier molecular flexibility index (Phi) is 9.78. The highest BCUT2D eigenvalue weighted by Gasteiger charge is 2.42. The minimum absolute atomic E-state index is 0.102. The van der Waals surface area contributed by atoms with E-state index in [1.807, 2.05) is 20.8 Å². The third-order valence-electron chi connectivity index (χ3n) is 7.72. The molecule has 10 heteroatoms. The van der Waals surface area contributed by atoms with E-state index in [1.165, 1.54) is 42.7 Å². The molecule has 1 aliphatic rings. The van der Waals surface area contributed by atoms with E-state index in [2.05, 4.69) is 0 Å². The molecule has 1 N–H and O–H groups in total. The van der Waals surface area contributed by atoms with E-state index in [9.17, 15) is 14.7 Å². The maximum absolute atomic E-state index is 14.1. The summed E-state index contributed by atoms with van der Waals surface area (Å²) in [5, 5.41) is 10.3. The van der Waals surface area contributed by atoms with Crippen molar-refractivity contribution in [2.75, 3.05) is 49.2 Å². The fraction of sp³-hybridized carbons (Fsp3) is 0.533. The first kappa shape index (κ1) is 30.9. The zero-order valence-electron chi connectivity index (χ0n) is 25.1. The molecule has 0 fully saturated rings. The van der Waals surface area contributed by atoms with Gasteiger partial charge >= 0.3 is 0 Å². The largest absolute Gasteiger partial charge is 0.496 e. The van der Waals surface area contributed by atoms with Crippen LogP contribution in [0, 0.1) is 19.8 Å². The highest BCUT2D eigenvalue weighted by atomic mass is 16.5. The Morgan fingerprint density at radius 2 is 1.32 bits per heavy atom. The number of nitrogens with zero attached hydrogens (tertiary/aromatic N) is 1. The second kappa shape index (κ2) is 12.7. The SMILES string of the molecule is CC[C@H]1c2c(OC)c(OC)c(C)c(OC)c2C(=O)CN1C(=O)[C@@H](C)Cc1c(CO)c(OC)c(OC)c(C)c1OC. The standard InChI is InChI=1S/C30H41NO9/c1-11-20-22-23(25(36-6)17(4)27(38-8)29(22)40-10)21(33)13-31(20)30(34)15(2)12-18-19(14-32)28(39-9)26(37-7)16(3)24(18)35-5/h15,20,32H,11-14H2,1-10H3/t15-,20-/m0/s1. The molecule has 0 unspecified atom stereocenters. The average molecular weight is 560 g/mol. The van der Waals surface area contributed by atoms with E-state index in [1.54, 1.807) is 11.8 Å². The van der Waals surface area contributed by atoms with E-state index in [0.29, 0.717) is 74.3 Å². The summed E-state index contributed by atoms with van der Waals surface area (Å²) in [5.41, 5.74) is 3.48. The number of hydrogen-bond donors (Lipinski definition) is 1. The van der Waals surface area contributed by atoms with Crippen LogP contribution in [0.2, 0.25) is 0 Å². The van der Waals surface area contributed by atoms with E-state index in [-0.39, 0.29) is 31.3 Å². The van der Waals surface area contributed by atoms with Gasteiger partial charge in [-0.1, -0.05) is 13.8 Å². The van der Waals surface area contributed by atoms with Gasteiger partial charge in [-0.25, -0.2) is 0 Å². The number of fused-ring (bicyclic) bond motifs is 1. The topological polar surface area (TPSA) is 113 Å².